The predicted molar refractivity (Wildman–Crippen MR) is 200 cm³/mol. The van der Waals surface area contributed by atoms with E-state index in [1.165, 1.54) is 22.5 Å². The predicted octanol–water partition coefficient (Wildman–Crippen LogP) is 7.34. The van der Waals surface area contributed by atoms with Gasteiger partial charge in [0.15, 0.2) is 17.8 Å². The summed E-state index contributed by atoms with van der Waals surface area (Å²) in [6, 6.07) is 8.96. The molecule has 2 aromatic rings. The quantitative estimate of drug-likeness (QED) is 0.203. The number of ether oxygens (including phenoxy) is 7. The molecule has 0 aromatic heterocycles. The molecule has 0 N–H and O–H groups in total. The Balaban J connectivity index is 1.12. The van der Waals surface area contributed by atoms with Crippen molar-refractivity contribution in [1.82, 2.24) is 9.21 Å². The lowest BCUT2D eigenvalue weighted by molar-refractivity contribution is -0.137. The van der Waals surface area contributed by atoms with Crippen LogP contribution in [-0.2, 0) is 46.5 Å². The van der Waals surface area contributed by atoms with Crippen LogP contribution in [0, 0.1) is 29.6 Å². The van der Waals surface area contributed by atoms with Crippen molar-refractivity contribution in [3.8, 4) is 11.5 Å². The number of allylic oxidation sites excluding steroid dienone is 3. The van der Waals surface area contributed by atoms with E-state index < -0.39 is 45.7 Å². The van der Waals surface area contributed by atoms with E-state index in [9.17, 15) is 26.4 Å². The Bertz CT molecular complexity index is 1950. The van der Waals surface area contributed by atoms with Crippen molar-refractivity contribution < 1.29 is 59.5 Å². The maximum absolute atomic E-state index is 14.3. The molecule has 0 bridgehead atoms. The molecule has 1 aliphatic carbocycles. The van der Waals surface area contributed by atoms with Crippen LogP contribution in [0.3, 0.4) is 0 Å². The molecule has 7 atom stereocenters. The normalized spacial score (nSPS) is 27.9. The Kier molecular flexibility index (Phi) is 11.9. The second kappa shape index (κ2) is 16.4. The van der Waals surface area contributed by atoms with Crippen molar-refractivity contribution in [2.24, 2.45) is 29.6 Å². The van der Waals surface area contributed by atoms with Gasteiger partial charge in [-0.3, -0.25) is 4.90 Å². The van der Waals surface area contributed by atoms with Crippen molar-refractivity contribution in [3.05, 3.63) is 77.6 Å². The molecule has 1 amide bonds. The molecule has 16 heteroatoms. The molecule has 4 heterocycles. The highest BCUT2D eigenvalue weighted by Gasteiger charge is 2.53. The van der Waals surface area contributed by atoms with Crippen molar-refractivity contribution >= 4 is 16.1 Å². The molecule has 312 valence electrons. The summed E-state index contributed by atoms with van der Waals surface area (Å²) in [6.07, 6.45) is 0.800. The van der Waals surface area contributed by atoms with Crippen LogP contribution in [0.15, 0.2) is 71.3 Å². The third-order valence-electron chi connectivity index (χ3n) is 11.3. The standard InChI is InChI=1S/C41H51F3N2O10S/c1-25(2)19-45(57(48,49)32-11-12-35-36(18-32)55-24-54-35)20-37-34(46(40(4,5)56-37)39(47)53-23-29-22-52-38-33(29)13-14-50-38)17-28-9-10-31(15-26(28)3)51-21-27-7-6-8-30(16-27)41(42,43)44/h6-12,15-16,18,25-26,28-29,33-34,37-38H,13-14,17,19-24H2,1-5H3/t26?,28?,29-,33+,34+,37-,38-/m0/s1. The molecule has 0 radical (unpaired) electrons. The summed E-state index contributed by atoms with van der Waals surface area (Å²) in [5, 5.41) is 0. The summed E-state index contributed by atoms with van der Waals surface area (Å²) in [7, 11) is -4.07. The number of alkyl halides is 3. The molecule has 4 aliphatic heterocycles. The van der Waals surface area contributed by atoms with Gasteiger partial charge in [0, 0.05) is 31.0 Å². The van der Waals surface area contributed by atoms with E-state index in [1.807, 2.05) is 32.9 Å². The number of sulfonamides is 1. The van der Waals surface area contributed by atoms with Crippen LogP contribution in [0.1, 0.15) is 58.6 Å². The number of carbonyl (C=O) groups excluding carboxylic acids is 1. The molecule has 5 aliphatic rings. The van der Waals surface area contributed by atoms with E-state index >= 15 is 0 Å². The molecule has 7 rings (SSSR count). The lowest BCUT2D eigenvalue weighted by Gasteiger charge is -2.36. The molecule has 3 saturated heterocycles. The Morgan fingerprint density at radius 1 is 1.09 bits per heavy atom. The summed E-state index contributed by atoms with van der Waals surface area (Å²) in [5.74, 6) is 1.14. The van der Waals surface area contributed by atoms with E-state index in [2.05, 4.69) is 0 Å². The minimum absolute atomic E-state index is 0.00259. The van der Waals surface area contributed by atoms with Gasteiger partial charge in [0.2, 0.25) is 16.8 Å². The van der Waals surface area contributed by atoms with Crippen LogP contribution in [0.4, 0.5) is 18.0 Å². The highest BCUT2D eigenvalue weighted by Crippen LogP contribution is 2.42. The Hall–Kier alpha value is -3.83. The lowest BCUT2D eigenvalue weighted by Crippen LogP contribution is -2.51. The molecule has 57 heavy (non-hydrogen) atoms. The van der Waals surface area contributed by atoms with Gasteiger partial charge in [0.25, 0.3) is 0 Å². The first-order chi connectivity index (χ1) is 27.0. The first-order valence-electron chi connectivity index (χ1n) is 19.5. The molecule has 2 unspecified atom stereocenters. The second-order valence-electron chi connectivity index (χ2n) is 16.3. The van der Waals surface area contributed by atoms with Gasteiger partial charge in [-0.15, -0.1) is 0 Å². The van der Waals surface area contributed by atoms with Gasteiger partial charge >= 0.3 is 12.3 Å². The number of hydrogen-bond donors (Lipinski definition) is 0. The number of benzene rings is 2. The third-order valence-corrected chi connectivity index (χ3v) is 13.1. The van der Waals surface area contributed by atoms with E-state index in [4.69, 9.17) is 33.2 Å². The van der Waals surface area contributed by atoms with E-state index in [1.54, 1.807) is 37.0 Å². The fourth-order valence-corrected chi connectivity index (χ4v) is 10.0. The summed E-state index contributed by atoms with van der Waals surface area (Å²) in [5.41, 5.74) is -1.52. The number of rotatable bonds is 13. The van der Waals surface area contributed by atoms with Crippen LogP contribution >= 0.6 is 0 Å². The average Bonchev–Trinajstić information content (AvgIpc) is 3.94. The monoisotopic (exact) mass is 820 g/mol. The van der Waals surface area contributed by atoms with Crippen molar-refractivity contribution in [2.75, 3.05) is 39.7 Å². The molecule has 2 aromatic carbocycles. The smallest absolute Gasteiger partial charge is 0.416 e. The van der Waals surface area contributed by atoms with Gasteiger partial charge < -0.3 is 33.2 Å². The van der Waals surface area contributed by atoms with Gasteiger partial charge in [-0.25, -0.2) is 13.2 Å². The molecule has 0 spiro atoms. The van der Waals surface area contributed by atoms with Gasteiger partial charge in [-0.1, -0.05) is 39.0 Å². The maximum atomic E-state index is 14.3. The van der Waals surface area contributed by atoms with Crippen LogP contribution in [0.5, 0.6) is 11.5 Å². The minimum Gasteiger partial charge on any atom is -0.489 e. The highest BCUT2D eigenvalue weighted by atomic mass is 32.2. The Morgan fingerprint density at radius 2 is 1.88 bits per heavy atom. The summed E-state index contributed by atoms with van der Waals surface area (Å²) >= 11 is 0. The zero-order valence-corrected chi connectivity index (χ0v) is 33.6. The third kappa shape index (κ3) is 9.09. The van der Waals surface area contributed by atoms with Crippen molar-refractivity contribution in [2.45, 2.75) is 89.3 Å². The van der Waals surface area contributed by atoms with Crippen molar-refractivity contribution in [1.29, 1.82) is 0 Å². The van der Waals surface area contributed by atoms with E-state index in [-0.39, 0.29) is 73.9 Å². The molecular formula is C41H51F3N2O10S. The van der Waals surface area contributed by atoms with Gasteiger partial charge in [-0.05, 0) is 86.4 Å². The minimum atomic E-state index is -4.46. The summed E-state index contributed by atoms with van der Waals surface area (Å²) in [6.45, 7) is 10.7. The van der Waals surface area contributed by atoms with Gasteiger partial charge in [-0.2, -0.15) is 17.5 Å². The van der Waals surface area contributed by atoms with Gasteiger partial charge in [0.1, 0.15) is 18.1 Å². The largest absolute Gasteiger partial charge is 0.489 e. The maximum Gasteiger partial charge on any atom is 0.416 e. The number of amides is 1. The number of hydrogen-bond acceptors (Lipinski definition) is 10. The van der Waals surface area contributed by atoms with E-state index in [0.29, 0.717) is 42.5 Å². The number of fused-ring (bicyclic) bond motifs is 2. The Morgan fingerprint density at radius 3 is 2.63 bits per heavy atom. The molecule has 3 fully saturated rings. The topological polar surface area (TPSA) is 122 Å². The first kappa shape index (κ1) is 41.3. The first-order valence-corrected chi connectivity index (χ1v) is 20.9. The van der Waals surface area contributed by atoms with E-state index in [0.717, 1.165) is 18.6 Å². The SMILES string of the molecule is CC(C)CN(C[C@@H]1OC(C)(C)N(C(=O)OC[C@@H]2CO[C@@H]3OCC[C@H]23)[C@@H]1CC1C=CC(OCc2cccc(C(F)(F)F)c2)=CC1C)S(=O)(=O)c1ccc2c(c1)OCO2. The van der Waals surface area contributed by atoms with Crippen LogP contribution in [-0.4, -0.2) is 87.6 Å². The van der Waals surface area contributed by atoms with Crippen LogP contribution in [0.2, 0.25) is 0 Å². The second-order valence-corrected chi connectivity index (χ2v) is 18.2. The Labute approximate surface area is 331 Å². The van der Waals surface area contributed by atoms with Crippen LogP contribution in [0.25, 0.3) is 0 Å². The fourth-order valence-electron chi connectivity index (χ4n) is 8.38. The zero-order valence-electron chi connectivity index (χ0n) is 32.8. The molecular weight excluding hydrogens is 770 g/mol. The molecule has 0 saturated carbocycles. The molecule has 12 nitrogen and oxygen atoms in total. The lowest BCUT2D eigenvalue weighted by atomic mass is 9.83. The summed E-state index contributed by atoms with van der Waals surface area (Å²) < 4.78 is 111. The van der Waals surface area contributed by atoms with Gasteiger partial charge in [0.05, 0.1) is 42.4 Å². The number of nitrogens with zero attached hydrogens (tertiary/aromatic N) is 2. The van der Waals surface area contributed by atoms with Crippen molar-refractivity contribution in [3.63, 3.8) is 0 Å². The summed E-state index contributed by atoms with van der Waals surface area (Å²) in [4.78, 5) is 15.9. The highest BCUT2D eigenvalue weighted by molar-refractivity contribution is 7.89. The fraction of sp³-hybridized carbons (Fsp3) is 0.585. The number of halogens is 3. The number of carbonyl (C=O) groups is 1. The van der Waals surface area contributed by atoms with Crippen LogP contribution < -0.4 is 9.47 Å². The average molecular weight is 821 g/mol. The zero-order chi connectivity index (χ0) is 40.7.